The fourth-order valence-corrected chi connectivity index (χ4v) is 7.10. The Morgan fingerprint density at radius 2 is 1.86 bits per heavy atom. The van der Waals surface area contributed by atoms with Crippen molar-refractivity contribution >= 4 is 27.7 Å². The van der Waals surface area contributed by atoms with Crippen molar-refractivity contribution in [1.29, 1.82) is 0 Å². The van der Waals surface area contributed by atoms with Crippen LogP contribution < -0.4 is 5.32 Å². The molecule has 35 heavy (non-hydrogen) atoms. The lowest BCUT2D eigenvalue weighted by Gasteiger charge is -2.30. The van der Waals surface area contributed by atoms with Gasteiger partial charge in [-0.05, 0) is 54.9 Å². The van der Waals surface area contributed by atoms with E-state index in [4.69, 9.17) is 0 Å². The van der Waals surface area contributed by atoms with E-state index < -0.39 is 45.8 Å². The zero-order chi connectivity index (χ0) is 24.8. The number of carbonyl (C=O) groups excluding carboxylic acids is 3. The van der Waals surface area contributed by atoms with Crippen LogP contribution in [0.5, 0.6) is 0 Å². The predicted molar refractivity (Wildman–Crippen MR) is 130 cm³/mol. The molecule has 184 valence electrons. The maximum atomic E-state index is 13.5. The first-order valence-electron chi connectivity index (χ1n) is 12.0. The minimum Gasteiger partial charge on any atom is -0.333 e. The first kappa shape index (κ1) is 23.5. The van der Waals surface area contributed by atoms with E-state index in [1.807, 2.05) is 48.5 Å². The second-order valence-electron chi connectivity index (χ2n) is 9.85. The number of sulfone groups is 1. The summed E-state index contributed by atoms with van der Waals surface area (Å²) in [7, 11) is -3.23. The first-order chi connectivity index (χ1) is 16.7. The van der Waals surface area contributed by atoms with Crippen molar-refractivity contribution in [2.75, 3.05) is 18.1 Å². The van der Waals surface area contributed by atoms with Gasteiger partial charge in [-0.25, -0.2) is 13.2 Å². The van der Waals surface area contributed by atoms with Gasteiger partial charge in [0.15, 0.2) is 9.84 Å². The van der Waals surface area contributed by atoms with E-state index in [0.29, 0.717) is 12.0 Å². The van der Waals surface area contributed by atoms with Gasteiger partial charge in [-0.2, -0.15) is 0 Å². The number of urea groups is 1. The third-order valence-electron chi connectivity index (χ3n) is 7.41. The Bertz CT molecular complexity index is 1290. The quantitative estimate of drug-likeness (QED) is 0.619. The number of benzene rings is 2. The summed E-state index contributed by atoms with van der Waals surface area (Å²) in [6.45, 7) is 1.44. The lowest BCUT2D eigenvalue weighted by Crippen LogP contribution is -2.48. The molecule has 2 saturated heterocycles. The third kappa shape index (κ3) is 4.45. The largest absolute Gasteiger partial charge is 0.333 e. The normalized spacial score (nSPS) is 24.9. The fourth-order valence-electron chi connectivity index (χ4n) is 5.37. The molecule has 4 amide bonds. The third-order valence-corrected chi connectivity index (χ3v) is 9.16. The molecule has 5 rings (SSSR count). The van der Waals surface area contributed by atoms with Gasteiger partial charge in [-0.3, -0.25) is 14.5 Å². The predicted octanol–water partition coefficient (Wildman–Crippen LogP) is 2.16. The molecule has 2 unspecified atom stereocenters. The Balaban J connectivity index is 1.37. The highest BCUT2D eigenvalue weighted by atomic mass is 32.2. The number of hydrogen-bond donors (Lipinski definition) is 1. The lowest BCUT2D eigenvalue weighted by molar-refractivity contribution is -0.140. The standard InChI is InChI=1S/C26H29N3O5S/c1-26(21-11-10-19-8-5-9-20(19)14-21)24(31)29(25(32)27-26)16-23(30)28(15-18-6-3-2-4-7-18)22-12-13-35(33,34)17-22/h2-4,6-7,10-11,14,22H,5,8-9,12-13,15-17H2,1H3,(H,27,32). The van der Waals surface area contributed by atoms with E-state index in [1.165, 1.54) is 16.0 Å². The van der Waals surface area contributed by atoms with Crippen LogP contribution in [0.4, 0.5) is 4.79 Å². The minimum absolute atomic E-state index is 0.0236. The van der Waals surface area contributed by atoms with E-state index in [9.17, 15) is 22.8 Å². The van der Waals surface area contributed by atoms with Crippen molar-refractivity contribution in [3.05, 3.63) is 70.8 Å². The van der Waals surface area contributed by atoms with Crippen LogP contribution in [0.3, 0.4) is 0 Å². The highest BCUT2D eigenvalue weighted by Crippen LogP contribution is 2.33. The smallest absolute Gasteiger partial charge is 0.325 e. The van der Waals surface area contributed by atoms with Crippen LogP contribution in [0, 0.1) is 0 Å². The van der Waals surface area contributed by atoms with Crippen LogP contribution in [0.1, 0.15) is 42.0 Å². The second-order valence-corrected chi connectivity index (χ2v) is 12.1. The molecule has 2 aliphatic heterocycles. The number of imide groups is 1. The van der Waals surface area contributed by atoms with Gasteiger partial charge in [0.2, 0.25) is 5.91 Å². The van der Waals surface area contributed by atoms with E-state index in [0.717, 1.165) is 29.7 Å². The number of aryl methyl sites for hydroxylation is 2. The Labute approximate surface area is 205 Å². The molecule has 3 aliphatic rings. The van der Waals surface area contributed by atoms with Gasteiger partial charge in [0.1, 0.15) is 12.1 Å². The summed E-state index contributed by atoms with van der Waals surface area (Å²) in [5.41, 5.74) is 2.76. The Hall–Kier alpha value is -3.20. The van der Waals surface area contributed by atoms with Crippen LogP contribution >= 0.6 is 0 Å². The molecule has 9 heteroatoms. The summed E-state index contributed by atoms with van der Waals surface area (Å²) in [6.07, 6.45) is 3.38. The number of amides is 4. The Morgan fingerprint density at radius 3 is 2.57 bits per heavy atom. The molecule has 0 aromatic heterocycles. The first-order valence-corrected chi connectivity index (χ1v) is 13.8. The van der Waals surface area contributed by atoms with E-state index in [1.54, 1.807) is 6.92 Å². The molecular weight excluding hydrogens is 466 g/mol. The second kappa shape index (κ2) is 8.78. The number of fused-ring (bicyclic) bond motifs is 1. The summed E-state index contributed by atoms with van der Waals surface area (Å²) in [5, 5.41) is 2.79. The van der Waals surface area contributed by atoms with Crippen molar-refractivity contribution in [2.24, 2.45) is 0 Å². The summed E-state index contributed by atoms with van der Waals surface area (Å²) in [5.74, 6) is -1.01. The van der Waals surface area contributed by atoms with Crippen LogP contribution in [0.2, 0.25) is 0 Å². The number of carbonyl (C=O) groups is 3. The van der Waals surface area contributed by atoms with Gasteiger partial charge >= 0.3 is 6.03 Å². The summed E-state index contributed by atoms with van der Waals surface area (Å²) in [4.78, 5) is 42.2. The average molecular weight is 496 g/mol. The van der Waals surface area contributed by atoms with Gasteiger partial charge in [0, 0.05) is 12.6 Å². The molecule has 0 bridgehead atoms. The van der Waals surface area contributed by atoms with Crippen molar-refractivity contribution in [1.82, 2.24) is 15.1 Å². The Kier molecular flexibility index (Phi) is 5.91. The topological polar surface area (TPSA) is 104 Å². The molecule has 2 aromatic rings. The number of hydrogen-bond acceptors (Lipinski definition) is 5. The number of nitrogens with one attached hydrogen (secondary N) is 1. The zero-order valence-electron chi connectivity index (χ0n) is 19.7. The van der Waals surface area contributed by atoms with Crippen molar-refractivity contribution in [3.63, 3.8) is 0 Å². The molecule has 1 aliphatic carbocycles. The minimum atomic E-state index is -3.23. The molecule has 2 fully saturated rings. The molecule has 1 N–H and O–H groups in total. The molecule has 2 aromatic carbocycles. The molecular formula is C26H29N3O5S. The summed E-state index contributed by atoms with van der Waals surface area (Å²) >= 11 is 0. The van der Waals surface area contributed by atoms with E-state index in [2.05, 4.69) is 5.32 Å². The number of nitrogens with zero attached hydrogens (tertiary/aromatic N) is 2. The van der Waals surface area contributed by atoms with Gasteiger partial charge in [-0.15, -0.1) is 0 Å². The summed E-state index contributed by atoms with van der Waals surface area (Å²) < 4.78 is 24.3. The van der Waals surface area contributed by atoms with Crippen LogP contribution in [-0.4, -0.2) is 60.2 Å². The SMILES string of the molecule is CC1(c2ccc3c(c2)CCC3)NC(=O)N(CC(=O)N(Cc2ccccc2)C2CCS(=O)(=O)C2)C1=O. The maximum Gasteiger partial charge on any atom is 0.325 e. The maximum absolute atomic E-state index is 13.5. The molecule has 2 heterocycles. The van der Waals surface area contributed by atoms with Crippen LogP contribution in [-0.2, 0) is 44.4 Å². The van der Waals surface area contributed by atoms with Gasteiger partial charge < -0.3 is 10.2 Å². The molecule has 0 radical (unpaired) electrons. The number of rotatable bonds is 6. The van der Waals surface area contributed by atoms with E-state index in [-0.39, 0.29) is 18.1 Å². The van der Waals surface area contributed by atoms with Crippen molar-refractivity contribution in [2.45, 2.75) is 50.7 Å². The zero-order valence-corrected chi connectivity index (χ0v) is 20.5. The molecule has 0 saturated carbocycles. The molecule has 8 nitrogen and oxygen atoms in total. The molecule has 2 atom stereocenters. The van der Waals surface area contributed by atoms with Gasteiger partial charge in [-0.1, -0.05) is 48.5 Å². The van der Waals surface area contributed by atoms with Crippen molar-refractivity contribution in [3.8, 4) is 0 Å². The summed E-state index contributed by atoms with van der Waals surface area (Å²) in [6, 6.07) is 14.1. The van der Waals surface area contributed by atoms with Crippen molar-refractivity contribution < 1.29 is 22.8 Å². The average Bonchev–Trinajstić information content (AvgIpc) is 3.50. The van der Waals surface area contributed by atoms with Gasteiger partial charge in [0.05, 0.1) is 11.5 Å². The highest BCUT2D eigenvalue weighted by molar-refractivity contribution is 7.91. The fraction of sp³-hybridized carbons (Fsp3) is 0.423. The van der Waals surface area contributed by atoms with E-state index >= 15 is 0 Å². The lowest BCUT2D eigenvalue weighted by atomic mass is 9.89. The van der Waals surface area contributed by atoms with Crippen LogP contribution in [0.15, 0.2) is 48.5 Å². The van der Waals surface area contributed by atoms with Crippen LogP contribution in [0.25, 0.3) is 0 Å². The highest BCUT2D eigenvalue weighted by Gasteiger charge is 2.50. The van der Waals surface area contributed by atoms with Gasteiger partial charge in [0.25, 0.3) is 5.91 Å². The monoisotopic (exact) mass is 495 g/mol. The molecule has 0 spiro atoms. The Morgan fingerprint density at radius 1 is 1.11 bits per heavy atom.